The second kappa shape index (κ2) is 10.6. The van der Waals surface area contributed by atoms with Crippen LogP contribution in [0.4, 0.5) is 0 Å². The summed E-state index contributed by atoms with van der Waals surface area (Å²) >= 11 is 0. The zero-order valence-electron chi connectivity index (χ0n) is 22.0. The Bertz CT molecular complexity index is 1260. The summed E-state index contributed by atoms with van der Waals surface area (Å²) < 4.78 is 9.24. The Morgan fingerprint density at radius 1 is 0.667 bits per heavy atom. The molecular weight excluding hydrogens is 457 g/mol. The van der Waals surface area contributed by atoms with Gasteiger partial charge in [-0.2, -0.15) is 0 Å². The fraction of sp³-hybridized carbons (Fsp3) is 0.455. The molecule has 0 saturated heterocycles. The van der Waals surface area contributed by atoms with E-state index in [0.717, 1.165) is 17.1 Å². The summed E-state index contributed by atoms with van der Waals surface area (Å²) in [5, 5.41) is 4.23. The SMILES string of the molecule is CC(C)Oc1cccc(-n2c3ccccc3c3ccccc32)c1P(C1CCCCC1)C1CCCCC1. The van der Waals surface area contributed by atoms with E-state index in [9.17, 15) is 0 Å². The summed E-state index contributed by atoms with van der Waals surface area (Å²) in [6.07, 6.45) is 14.2. The van der Waals surface area contributed by atoms with Crippen molar-refractivity contribution >= 4 is 35.0 Å². The van der Waals surface area contributed by atoms with E-state index in [2.05, 4.69) is 85.1 Å². The molecule has 4 aromatic rings. The molecule has 0 unspecified atom stereocenters. The smallest absolute Gasteiger partial charge is 0.129 e. The summed E-state index contributed by atoms with van der Waals surface area (Å²) in [5.74, 6) is 1.15. The lowest BCUT2D eigenvalue weighted by molar-refractivity contribution is 0.244. The fourth-order valence-electron chi connectivity index (χ4n) is 6.86. The Morgan fingerprint density at radius 3 is 1.72 bits per heavy atom. The number of fused-ring (bicyclic) bond motifs is 3. The van der Waals surface area contributed by atoms with Crippen LogP contribution in [-0.4, -0.2) is 22.0 Å². The van der Waals surface area contributed by atoms with Crippen LogP contribution < -0.4 is 10.0 Å². The van der Waals surface area contributed by atoms with Crippen molar-refractivity contribution < 1.29 is 4.74 Å². The van der Waals surface area contributed by atoms with Gasteiger partial charge in [0.15, 0.2) is 0 Å². The Balaban J connectivity index is 1.63. The molecule has 0 aliphatic heterocycles. The van der Waals surface area contributed by atoms with Gasteiger partial charge < -0.3 is 9.30 Å². The minimum atomic E-state index is -0.326. The van der Waals surface area contributed by atoms with Gasteiger partial charge in [0.2, 0.25) is 0 Å². The first-order valence-electron chi connectivity index (χ1n) is 14.3. The molecule has 2 nitrogen and oxygen atoms in total. The molecule has 3 heteroatoms. The number of rotatable bonds is 6. The molecule has 3 aromatic carbocycles. The number of hydrogen-bond donors (Lipinski definition) is 0. The van der Waals surface area contributed by atoms with E-state index in [1.54, 1.807) is 5.30 Å². The van der Waals surface area contributed by atoms with Crippen LogP contribution in [0, 0.1) is 0 Å². The first kappa shape index (κ1) is 24.1. The molecule has 1 aromatic heterocycles. The summed E-state index contributed by atoms with van der Waals surface area (Å²) in [6, 6.07) is 24.8. The molecule has 0 spiro atoms. The van der Waals surface area contributed by atoms with Crippen LogP contribution >= 0.6 is 7.92 Å². The van der Waals surface area contributed by atoms with Crippen LogP contribution in [0.15, 0.2) is 66.7 Å². The fourth-order valence-corrected chi connectivity index (χ4v) is 10.9. The van der Waals surface area contributed by atoms with Crippen molar-refractivity contribution in [3.8, 4) is 11.4 Å². The van der Waals surface area contributed by atoms with E-state index < -0.39 is 0 Å². The second-order valence-corrected chi connectivity index (χ2v) is 13.9. The van der Waals surface area contributed by atoms with Crippen molar-refractivity contribution in [3.05, 3.63) is 66.7 Å². The van der Waals surface area contributed by atoms with Gasteiger partial charge in [-0.25, -0.2) is 0 Å². The van der Waals surface area contributed by atoms with E-state index in [4.69, 9.17) is 4.74 Å². The van der Waals surface area contributed by atoms with Gasteiger partial charge in [-0.3, -0.25) is 0 Å². The van der Waals surface area contributed by atoms with Gasteiger partial charge in [0.1, 0.15) is 5.75 Å². The third-order valence-corrected chi connectivity index (χ3v) is 11.9. The number of benzene rings is 3. The molecule has 0 atom stereocenters. The van der Waals surface area contributed by atoms with Crippen molar-refractivity contribution in [3.63, 3.8) is 0 Å². The van der Waals surface area contributed by atoms with Crippen LogP contribution in [0.25, 0.3) is 27.5 Å². The lowest BCUT2D eigenvalue weighted by Crippen LogP contribution is -2.29. The summed E-state index contributed by atoms with van der Waals surface area (Å²) in [5.41, 5.74) is 5.63. The van der Waals surface area contributed by atoms with E-state index in [0.29, 0.717) is 0 Å². The molecule has 0 N–H and O–H groups in total. The van der Waals surface area contributed by atoms with Crippen LogP contribution in [0.2, 0.25) is 0 Å². The standard InChI is InChI=1S/C33H40NOP/c1-24(2)35-32-23-13-22-31(34-29-20-11-9-18-27(29)28-19-10-12-21-30(28)34)33(32)36(25-14-5-3-6-15-25)26-16-7-4-8-17-26/h9-13,18-26H,3-8,14-17H2,1-2H3. The maximum Gasteiger partial charge on any atom is 0.129 e. The molecular formula is C33H40NOP. The molecule has 0 radical (unpaired) electrons. The molecule has 6 rings (SSSR count). The highest BCUT2D eigenvalue weighted by atomic mass is 31.1. The number of hydrogen-bond acceptors (Lipinski definition) is 1. The zero-order valence-corrected chi connectivity index (χ0v) is 22.9. The molecule has 0 bridgehead atoms. The largest absolute Gasteiger partial charge is 0.490 e. The highest BCUT2D eigenvalue weighted by molar-refractivity contribution is 7.67. The highest BCUT2D eigenvalue weighted by Gasteiger charge is 2.36. The van der Waals surface area contributed by atoms with Crippen molar-refractivity contribution in [1.82, 2.24) is 4.57 Å². The van der Waals surface area contributed by atoms with Gasteiger partial charge in [-0.15, -0.1) is 0 Å². The second-order valence-electron chi connectivity index (χ2n) is 11.2. The Labute approximate surface area is 217 Å². The first-order chi connectivity index (χ1) is 17.7. The average molecular weight is 498 g/mol. The highest BCUT2D eigenvalue weighted by Crippen LogP contribution is 2.57. The quantitative estimate of drug-likeness (QED) is 0.242. The minimum Gasteiger partial charge on any atom is -0.490 e. The van der Waals surface area contributed by atoms with Crippen molar-refractivity contribution in [2.75, 3.05) is 0 Å². The predicted octanol–water partition coefficient (Wildman–Crippen LogP) is 9.34. The average Bonchev–Trinajstić information content (AvgIpc) is 3.25. The van der Waals surface area contributed by atoms with Gasteiger partial charge in [-0.1, -0.05) is 88.9 Å². The Morgan fingerprint density at radius 2 is 1.19 bits per heavy atom. The van der Waals surface area contributed by atoms with Gasteiger partial charge in [-0.05, 0) is 75.1 Å². The predicted molar refractivity (Wildman–Crippen MR) is 157 cm³/mol. The number of para-hydroxylation sites is 2. The molecule has 188 valence electrons. The van der Waals surface area contributed by atoms with Crippen molar-refractivity contribution in [2.45, 2.75) is 95.5 Å². The van der Waals surface area contributed by atoms with Crippen LogP contribution in [0.3, 0.4) is 0 Å². The van der Waals surface area contributed by atoms with Crippen molar-refractivity contribution in [2.24, 2.45) is 0 Å². The summed E-state index contributed by atoms with van der Waals surface area (Å²) in [4.78, 5) is 0. The molecule has 2 fully saturated rings. The lowest BCUT2D eigenvalue weighted by atomic mass is 9.99. The number of nitrogens with zero attached hydrogens (tertiary/aromatic N) is 1. The van der Waals surface area contributed by atoms with E-state index in [1.807, 2.05) is 0 Å². The normalized spacial score (nSPS) is 18.0. The van der Waals surface area contributed by atoms with Gasteiger partial charge in [0, 0.05) is 16.1 Å². The van der Waals surface area contributed by atoms with E-state index in [-0.39, 0.29) is 14.0 Å². The van der Waals surface area contributed by atoms with Crippen LogP contribution in [0.1, 0.15) is 78.1 Å². The van der Waals surface area contributed by atoms with E-state index in [1.165, 1.54) is 91.7 Å². The number of ether oxygens (including phenoxy) is 1. The van der Waals surface area contributed by atoms with Gasteiger partial charge >= 0.3 is 0 Å². The molecule has 0 amide bonds. The summed E-state index contributed by atoms with van der Waals surface area (Å²) in [7, 11) is -0.326. The molecule has 1 heterocycles. The Hall–Kier alpha value is -2.31. The first-order valence-corrected chi connectivity index (χ1v) is 15.8. The minimum absolute atomic E-state index is 0.173. The zero-order chi connectivity index (χ0) is 24.5. The number of aromatic nitrogens is 1. The maximum absolute atomic E-state index is 6.67. The molecule has 2 aliphatic rings. The van der Waals surface area contributed by atoms with Crippen LogP contribution in [-0.2, 0) is 0 Å². The van der Waals surface area contributed by atoms with Crippen LogP contribution in [0.5, 0.6) is 5.75 Å². The molecule has 36 heavy (non-hydrogen) atoms. The van der Waals surface area contributed by atoms with Gasteiger partial charge in [0.05, 0.1) is 22.8 Å². The molecule has 2 aliphatic carbocycles. The van der Waals surface area contributed by atoms with E-state index >= 15 is 0 Å². The third-order valence-electron chi connectivity index (χ3n) is 8.36. The van der Waals surface area contributed by atoms with Gasteiger partial charge in [0.25, 0.3) is 0 Å². The summed E-state index contributed by atoms with van der Waals surface area (Å²) in [6.45, 7) is 4.36. The van der Waals surface area contributed by atoms with Crippen molar-refractivity contribution in [1.29, 1.82) is 0 Å². The Kier molecular flexibility index (Phi) is 7.07. The lowest BCUT2D eigenvalue weighted by Gasteiger charge is -2.40. The maximum atomic E-state index is 6.67. The monoisotopic (exact) mass is 497 g/mol. The topological polar surface area (TPSA) is 14.2 Å². The molecule has 2 saturated carbocycles. The third kappa shape index (κ3) is 4.47.